The van der Waals surface area contributed by atoms with Crippen molar-refractivity contribution in [2.24, 2.45) is 0 Å². The highest BCUT2D eigenvalue weighted by Gasteiger charge is 2.18. The first kappa shape index (κ1) is 18.9. The van der Waals surface area contributed by atoms with Crippen molar-refractivity contribution in [3.8, 4) is 5.75 Å². The number of methoxy groups -OCH3 is 1. The molecule has 0 saturated heterocycles. The Morgan fingerprint density at radius 3 is 2.77 bits per heavy atom. The zero-order valence-electron chi connectivity index (χ0n) is 13.7. The Balaban J connectivity index is 1.69. The maximum absolute atomic E-state index is 12.4. The molecule has 1 atom stereocenters. The first-order chi connectivity index (χ1) is 12.4. The van der Waals surface area contributed by atoms with Gasteiger partial charge in [-0.3, -0.25) is 0 Å². The number of nitrogens with one attached hydrogen (secondary N) is 1. The predicted octanol–water partition coefficient (Wildman–Crippen LogP) is 3.56. The molecule has 2 N–H and O–H groups in total. The fraction of sp³-hybridized carbons (Fsp3) is 0.176. The van der Waals surface area contributed by atoms with Gasteiger partial charge >= 0.3 is 0 Å². The number of furan rings is 1. The Kier molecular flexibility index (Phi) is 5.69. The van der Waals surface area contributed by atoms with Crippen LogP contribution >= 0.6 is 22.9 Å². The third-order valence-electron chi connectivity index (χ3n) is 3.63. The van der Waals surface area contributed by atoms with Crippen LogP contribution < -0.4 is 9.46 Å². The maximum atomic E-state index is 12.4. The van der Waals surface area contributed by atoms with Gasteiger partial charge in [-0.15, -0.1) is 11.3 Å². The molecule has 0 aliphatic heterocycles. The van der Waals surface area contributed by atoms with Crippen LogP contribution in [0.3, 0.4) is 0 Å². The number of sulfonamides is 1. The van der Waals surface area contributed by atoms with E-state index in [-0.39, 0.29) is 16.5 Å². The fourth-order valence-electron chi connectivity index (χ4n) is 2.29. The van der Waals surface area contributed by atoms with Crippen molar-refractivity contribution in [2.45, 2.75) is 17.5 Å². The average molecular weight is 414 g/mol. The molecule has 0 unspecified atom stereocenters. The van der Waals surface area contributed by atoms with Crippen LogP contribution in [0.4, 0.5) is 0 Å². The highest BCUT2D eigenvalue weighted by Crippen LogP contribution is 2.29. The third-order valence-corrected chi connectivity index (χ3v) is 6.47. The van der Waals surface area contributed by atoms with Crippen LogP contribution in [0, 0.1) is 0 Å². The molecule has 0 amide bonds. The number of ether oxygens (including phenoxy) is 1. The standard InChI is InChI=1S/C17H16ClNO5S2/c1-23-14-6-5-12(9-13(14)18)26(21,22)19-10-11-4-7-16(25-11)17(20)15-3-2-8-24-15/h2-9,17,19-20H,10H2,1H3/t17-/m1/s1. The SMILES string of the molecule is COc1ccc(S(=O)(=O)NCc2ccc([C@H](O)c3ccco3)s2)cc1Cl. The molecule has 0 aliphatic carbocycles. The van der Waals surface area contributed by atoms with Crippen LogP contribution in [-0.2, 0) is 16.6 Å². The van der Waals surface area contributed by atoms with Gasteiger partial charge in [-0.05, 0) is 42.5 Å². The molecule has 0 bridgehead atoms. The summed E-state index contributed by atoms with van der Waals surface area (Å²) in [5.41, 5.74) is 0. The minimum absolute atomic E-state index is 0.0516. The van der Waals surface area contributed by atoms with Crippen LogP contribution in [-0.4, -0.2) is 20.6 Å². The summed E-state index contributed by atoms with van der Waals surface area (Å²) >= 11 is 7.29. The van der Waals surface area contributed by atoms with Gasteiger partial charge in [0, 0.05) is 16.3 Å². The van der Waals surface area contributed by atoms with Gasteiger partial charge in [0.2, 0.25) is 10.0 Å². The maximum Gasteiger partial charge on any atom is 0.240 e. The number of thiophene rings is 1. The molecule has 26 heavy (non-hydrogen) atoms. The lowest BCUT2D eigenvalue weighted by Gasteiger charge is -2.08. The number of aliphatic hydroxyl groups is 1. The second kappa shape index (κ2) is 7.81. The second-order valence-electron chi connectivity index (χ2n) is 5.34. The summed E-state index contributed by atoms with van der Waals surface area (Å²) in [4.78, 5) is 1.48. The summed E-state index contributed by atoms with van der Waals surface area (Å²) in [6.45, 7) is 0.0987. The van der Waals surface area contributed by atoms with Gasteiger partial charge in [-0.25, -0.2) is 13.1 Å². The summed E-state index contributed by atoms with van der Waals surface area (Å²) in [7, 11) is -2.27. The van der Waals surface area contributed by atoms with Crippen molar-refractivity contribution in [1.29, 1.82) is 0 Å². The van der Waals surface area contributed by atoms with Crippen molar-refractivity contribution in [1.82, 2.24) is 4.72 Å². The van der Waals surface area contributed by atoms with Crippen LogP contribution in [0.25, 0.3) is 0 Å². The molecule has 3 rings (SSSR count). The Morgan fingerprint density at radius 2 is 2.12 bits per heavy atom. The van der Waals surface area contributed by atoms with Crippen LogP contribution in [0.2, 0.25) is 5.02 Å². The van der Waals surface area contributed by atoms with E-state index in [1.807, 2.05) is 0 Å². The van der Waals surface area contributed by atoms with E-state index >= 15 is 0 Å². The number of hydrogen-bond donors (Lipinski definition) is 2. The number of rotatable bonds is 7. The average Bonchev–Trinajstić information content (AvgIpc) is 3.31. The van der Waals surface area contributed by atoms with Gasteiger partial charge < -0.3 is 14.3 Å². The van der Waals surface area contributed by atoms with Gasteiger partial charge in [0.15, 0.2) is 0 Å². The van der Waals surface area contributed by atoms with E-state index in [2.05, 4.69) is 4.72 Å². The number of halogens is 1. The molecular formula is C17H16ClNO5S2. The quantitative estimate of drug-likeness (QED) is 0.618. The molecule has 9 heteroatoms. The van der Waals surface area contributed by atoms with Crippen LogP contribution in [0.5, 0.6) is 5.75 Å². The van der Waals surface area contributed by atoms with Crippen molar-refractivity contribution < 1.29 is 22.7 Å². The highest BCUT2D eigenvalue weighted by molar-refractivity contribution is 7.89. The van der Waals surface area contributed by atoms with Crippen molar-refractivity contribution in [3.63, 3.8) is 0 Å². The van der Waals surface area contributed by atoms with Gasteiger partial charge in [0.25, 0.3) is 0 Å². The van der Waals surface area contributed by atoms with E-state index in [4.69, 9.17) is 20.8 Å². The number of benzene rings is 1. The molecular weight excluding hydrogens is 398 g/mol. The van der Waals surface area contributed by atoms with Gasteiger partial charge in [-0.1, -0.05) is 11.6 Å². The molecule has 0 saturated carbocycles. The van der Waals surface area contributed by atoms with E-state index in [0.717, 1.165) is 4.88 Å². The van der Waals surface area contributed by atoms with E-state index in [1.165, 1.54) is 42.9 Å². The number of hydrogen-bond acceptors (Lipinski definition) is 6. The Bertz CT molecular complexity index is 983. The third kappa shape index (κ3) is 4.11. The Labute approximate surface area is 160 Å². The lowest BCUT2D eigenvalue weighted by atomic mass is 10.2. The first-order valence-corrected chi connectivity index (χ1v) is 10.2. The van der Waals surface area contributed by atoms with E-state index in [0.29, 0.717) is 16.4 Å². The lowest BCUT2D eigenvalue weighted by molar-refractivity contribution is 0.193. The minimum atomic E-state index is -3.72. The fourth-order valence-corrected chi connectivity index (χ4v) is 4.68. The second-order valence-corrected chi connectivity index (χ2v) is 8.72. The predicted molar refractivity (Wildman–Crippen MR) is 99.1 cm³/mol. The zero-order valence-corrected chi connectivity index (χ0v) is 16.1. The summed E-state index contributed by atoms with van der Waals surface area (Å²) < 4.78 is 37.6. The summed E-state index contributed by atoms with van der Waals surface area (Å²) in [5, 5.41) is 10.4. The molecule has 1 aromatic carbocycles. The zero-order chi connectivity index (χ0) is 18.7. The Hall–Kier alpha value is -1.84. The number of aliphatic hydroxyl groups excluding tert-OH is 1. The summed E-state index contributed by atoms with van der Waals surface area (Å²) in [5.74, 6) is 0.840. The molecule has 0 radical (unpaired) electrons. The highest BCUT2D eigenvalue weighted by atomic mass is 35.5. The van der Waals surface area contributed by atoms with Gasteiger partial charge in [0.1, 0.15) is 17.6 Å². The molecule has 0 fully saturated rings. The molecule has 3 aromatic rings. The molecule has 6 nitrogen and oxygen atoms in total. The van der Waals surface area contributed by atoms with Crippen molar-refractivity contribution >= 4 is 33.0 Å². The van der Waals surface area contributed by atoms with E-state index < -0.39 is 16.1 Å². The topological polar surface area (TPSA) is 88.8 Å². The molecule has 2 heterocycles. The van der Waals surface area contributed by atoms with Crippen LogP contribution in [0.15, 0.2) is 58.0 Å². The molecule has 0 aliphatic rings. The van der Waals surface area contributed by atoms with Gasteiger partial charge in [0.05, 0.1) is 23.3 Å². The minimum Gasteiger partial charge on any atom is -0.495 e. The molecule has 138 valence electrons. The monoisotopic (exact) mass is 413 g/mol. The Morgan fingerprint density at radius 1 is 1.31 bits per heavy atom. The molecule has 2 aromatic heterocycles. The normalized spacial score (nSPS) is 12.9. The van der Waals surface area contributed by atoms with E-state index in [1.54, 1.807) is 24.3 Å². The van der Waals surface area contributed by atoms with Crippen molar-refractivity contribution in [3.05, 3.63) is 69.3 Å². The summed E-state index contributed by atoms with van der Waals surface area (Å²) in [6, 6.07) is 11.1. The summed E-state index contributed by atoms with van der Waals surface area (Å²) in [6.07, 6.45) is 0.613. The smallest absolute Gasteiger partial charge is 0.240 e. The first-order valence-electron chi connectivity index (χ1n) is 7.54. The molecule has 0 spiro atoms. The van der Waals surface area contributed by atoms with Crippen LogP contribution in [0.1, 0.15) is 21.6 Å². The largest absolute Gasteiger partial charge is 0.495 e. The lowest BCUT2D eigenvalue weighted by Crippen LogP contribution is -2.22. The van der Waals surface area contributed by atoms with E-state index in [9.17, 15) is 13.5 Å². The van der Waals surface area contributed by atoms with Gasteiger partial charge in [-0.2, -0.15) is 0 Å². The van der Waals surface area contributed by atoms with Crippen molar-refractivity contribution in [2.75, 3.05) is 7.11 Å².